The van der Waals surface area contributed by atoms with E-state index in [0.717, 1.165) is 17.6 Å². The van der Waals surface area contributed by atoms with Crippen molar-refractivity contribution in [3.8, 4) is 11.5 Å². The van der Waals surface area contributed by atoms with Crippen LogP contribution >= 0.6 is 11.6 Å². The van der Waals surface area contributed by atoms with E-state index in [2.05, 4.69) is 6.92 Å². The van der Waals surface area contributed by atoms with Gasteiger partial charge in [-0.05, 0) is 12.5 Å². The van der Waals surface area contributed by atoms with Crippen molar-refractivity contribution >= 4 is 22.6 Å². The summed E-state index contributed by atoms with van der Waals surface area (Å²) in [7, 11) is 0. The lowest BCUT2D eigenvalue weighted by atomic mass is 10.2. The molecule has 0 saturated carbocycles. The second-order valence-corrected chi connectivity index (χ2v) is 4.22. The van der Waals surface area contributed by atoms with Crippen molar-refractivity contribution in [3.05, 3.63) is 23.4 Å². The Labute approximate surface area is 97.9 Å². The molecule has 1 aliphatic rings. The van der Waals surface area contributed by atoms with Crippen LogP contribution in [-0.2, 0) is 0 Å². The van der Waals surface area contributed by atoms with E-state index < -0.39 is 0 Å². The maximum absolute atomic E-state index is 6.10. The fourth-order valence-electron chi connectivity index (χ4n) is 1.88. The summed E-state index contributed by atoms with van der Waals surface area (Å²) in [6, 6.07) is 3.60. The number of hydrogen-bond acceptors (Lipinski definition) is 3. The van der Waals surface area contributed by atoms with E-state index in [4.69, 9.17) is 25.5 Å². The minimum Gasteiger partial charge on any atom is -0.485 e. The maximum Gasteiger partial charge on any atom is 0.172 e. The fourth-order valence-corrected chi connectivity index (χ4v) is 2.12. The Morgan fingerprint density at radius 1 is 1.50 bits per heavy atom. The van der Waals surface area contributed by atoms with Gasteiger partial charge >= 0.3 is 0 Å². The Morgan fingerprint density at radius 3 is 3.19 bits per heavy atom. The molecule has 0 saturated heterocycles. The molecule has 0 N–H and O–H groups in total. The summed E-state index contributed by atoms with van der Waals surface area (Å²) in [6.45, 7) is 2.64. The van der Waals surface area contributed by atoms with Crippen LogP contribution in [0, 0.1) is 0 Å². The lowest BCUT2D eigenvalue weighted by Crippen LogP contribution is -2.28. The van der Waals surface area contributed by atoms with Gasteiger partial charge < -0.3 is 13.9 Å². The van der Waals surface area contributed by atoms with Crippen LogP contribution in [0.4, 0.5) is 0 Å². The summed E-state index contributed by atoms with van der Waals surface area (Å²) >= 11 is 6.10. The van der Waals surface area contributed by atoms with E-state index >= 15 is 0 Å². The first kappa shape index (κ1) is 9.85. The first-order valence-corrected chi connectivity index (χ1v) is 5.66. The minimum atomic E-state index is 0.105. The van der Waals surface area contributed by atoms with E-state index in [-0.39, 0.29) is 6.10 Å². The molecule has 0 aliphatic carbocycles. The molecule has 2 heterocycles. The highest BCUT2D eigenvalue weighted by atomic mass is 35.5. The number of ether oxygens (including phenoxy) is 2. The van der Waals surface area contributed by atoms with Crippen molar-refractivity contribution in [2.75, 3.05) is 6.61 Å². The summed E-state index contributed by atoms with van der Waals surface area (Å²) in [5, 5.41) is 1.43. The number of hydrogen-bond donors (Lipinski definition) is 0. The van der Waals surface area contributed by atoms with E-state index in [1.807, 2.05) is 6.07 Å². The molecule has 2 aromatic rings. The molecule has 4 heteroatoms. The van der Waals surface area contributed by atoms with E-state index in [0.29, 0.717) is 23.0 Å². The zero-order chi connectivity index (χ0) is 11.1. The van der Waals surface area contributed by atoms with Gasteiger partial charge in [-0.3, -0.25) is 0 Å². The molecule has 84 valence electrons. The second kappa shape index (κ2) is 3.59. The van der Waals surface area contributed by atoms with Gasteiger partial charge in [-0.2, -0.15) is 0 Å². The van der Waals surface area contributed by atoms with Crippen LogP contribution in [0.5, 0.6) is 11.5 Å². The van der Waals surface area contributed by atoms with Crippen molar-refractivity contribution in [3.63, 3.8) is 0 Å². The van der Waals surface area contributed by atoms with Gasteiger partial charge in [-0.1, -0.05) is 18.5 Å². The van der Waals surface area contributed by atoms with Gasteiger partial charge in [0.15, 0.2) is 17.1 Å². The highest BCUT2D eigenvalue weighted by Gasteiger charge is 2.24. The molecule has 1 aromatic carbocycles. The maximum atomic E-state index is 6.10. The van der Waals surface area contributed by atoms with Gasteiger partial charge in [0.1, 0.15) is 12.7 Å². The van der Waals surface area contributed by atoms with Crippen LogP contribution in [0.25, 0.3) is 11.0 Å². The number of fused-ring (bicyclic) bond motifs is 3. The molecular weight excluding hydrogens is 228 g/mol. The van der Waals surface area contributed by atoms with Crippen molar-refractivity contribution in [2.24, 2.45) is 0 Å². The third kappa shape index (κ3) is 1.35. The highest BCUT2D eigenvalue weighted by Crippen LogP contribution is 2.43. The van der Waals surface area contributed by atoms with Gasteiger partial charge in [0, 0.05) is 6.07 Å². The molecule has 0 radical (unpaired) electrons. The molecule has 16 heavy (non-hydrogen) atoms. The molecule has 0 spiro atoms. The molecule has 3 rings (SSSR count). The van der Waals surface area contributed by atoms with E-state index in [9.17, 15) is 0 Å². The Morgan fingerprint density at radius 2 is 2.38 bits per heavy atom. The Balaban J connectivity index is 2.18. The van der Waals surface area contributed by atoms with E-state index in [1.54, 1.807) is 12.3 Å². The van der Waals surface area contributed by atoms with Crippen LogP contribution in [0.3, 0.4) is 0 Å². The zero-order valence-corrected chi connectivity index (χ0v) is 9.58. The monoisotopic (exact) mass is 238 g/mol. The predicted octanol–water partition coefficient (Wildman–Crippen LogP) is 3.64. The quantitative estimate of drug-likeness (QED) is 0.760. The Kier molecular flexibility index (Phi) is 2.21. The minimum absolute atomic E-state index is 0.105. The number of furan rings is 1. The van der Waals surface area contributed by atoms with Crippen LogP contribution in [-0.4, -0.2) is 12.7 Å². The van der Waals surface area contributed by atoms with Gasteiger partial charge in [0.2, 0.25) is 0 Å². The topological polar surface area (TPSA) is 31.6 Å². The Hall–Kier alpha value is -1.35. The van der Waals surface area contributed by atoms with Crippen molar-refractivity contribution in [1.29, 1.82) is 0 Å². The van der Waals surface area contributed by atoms with Crippen LogP contribution < -0.4 is 9.47 Å². The third-order valence-corrected chi connectivity index (χ3v) is 3.05. The lowest BCUT2D eigenvalue weighted by molar-refractivity contribution is 0.0900. The van der Waals surface area contributed by atoms with Crippen molar-refractivity contribution < 1.29 is 13.9 Å². The third-order valence-electron chi connectivity index (χ3n) is 2.77. The van der Waals surface area contributed by atoms with Crippen LogP contribution in [0.2, 0.25) is 5.02 Å². The highest BCUT2D eigenvalue weighted by molar-refractivity contribution is 6.35. The van der Waals surface area contributed by atoms with Gasteiger partial charge in [-0.25, -0.2) is 0 Å². The second-order valence-electron chi connectivity index (χ2n) is 3.81. The zero-order valence-electron chi connectivity index (χ0n) is 8.83. The first-order chi connectivity index (χ1) is 7.79. The van der Waals surface area contributed by atoms with Crippen molar-refractivity contribution in [2.45, 2.75) is 19.4 Å². The lowest BCUT2D eigenvalue weighted by Gasteiger charge is -2.26. The first-order valence-electron chi connectivity index (χ1n) is 5.28. The Bertz CT molecular complexity index is 532. The number of rotatable bonds is 1. The molecule has 0 unspecified atom stereocenters. The summed E-state index contributed by atoms with van der Waals surface area (Å²) in [4.78, 5) is 0. The fraction of sp³-hybridized carbons (Fsp3) is 0.333. The largest absolute Gasteiger partial charge is 0.485 e. The SMILES string of the molecule is CC[C@H]1COc2c(cc(Cl)c3occc23)O1. The molecule has 0 bridgehead atoms. The van der Waals surface area contributed by atoms with Gasteiger partial charge in [0.05, 0.1) is 16.7 Å². The molecule has 3 nitrogen and oxygen atoms in total. The number of halogens is 1. The van der Waals surface area contributed by atoms with Crippen LogP contribution in [0.15, 0.2) is 22.8 Å². The molecular formula is C12H11ClO3. The van der Waals surface area contributed by atoms with Crippen molar-refractivity contribution in [1.82, 2.24) is 0 Å². The smallest absolute Gasteiger partial charge is 0.172 e. The average molecular weight is 239 g/mol. The molecule has 1 aromatic heterocycles. The summed E-state index contributed by atoms with van der Waals surface area (Å²) < 4.78 is 16.8. The summed E-state index contributed by atoms with van der Waals surface area (Å²) in [5.41, 5.74) is 0.652. The summed E-state index contributed by atoms with van der Waals surface area (Å²) in [6.07, 6.45) is 2.62. The summed E-state index contributed by atoms with van der Waals surface area (Å²) in [5.74, 6) is 1.44. The molecule has 1 aliphatic heterocycles. The van der Waals surface area contributed by atoms with Gasteiger partial charge in [-0.15, -0.1) is 0 Å². The molecule has 1 atom stereocenters. The van der Waals surface area contributed by atoms with E-state index in [1.165, 1.54) is 0 Å². The molecule has 0 fully saturated rings. The normalized spacial score (nSPS) is 19.0. The number of benzene rings is 1. The van der Waals surface area contributed by atoms with Gasteiger partial charge in [0.25, 0.3) is 0 Å². The average Bonchev–Trinajstić information content (AvgIpc) is 2.78. The predicted molar refractivity (Wildman–Crippen MR) is 61.4 cm³/mol. The molecule has 0 amide bonds. The standard InChI is InChI=1S/C12H11ClO3/c1-2-7-6-15-12-8-3-4-14-11(8)9(13)5-10(12)16-7/h3-5,7H,2,6H2,1H3/t7-/m0/s1. The van der Waals surface area contributed by atoms with Crippen LogP contribution in [0.1, 0.15) is 13.3 Å².